The average Bonchev–Trinajstić information content (AvgIpc) is 2.91. The topological polar surface area (TPSA) is 50.2 Å². The normalized spacial score (nSPS) is 10.6. The first-order valence-corrected chi connectivity index (χ1v) is 8.61. The van der Waals surface area contributed by atoms with Crippen LogP contribution < -0.4 is 10.2 Å². The highest BCUT2D eigenvalue weighted by molar-refractivity contribution is 6.05. The molecule has 1 amide bonds. The molecule has 2 aromatic heterocycles. The molecule has 1 N–H and O–H groups in total. The van der Waals surface area contributed by atoms with Gasteiger partial charge in [-0.25, -0.2) is 0 Å². The van der Waals surface area contributed by atoms with E-state index in [0.717, 1.165) is 28.5 Å². The van der Waals surface area contributed by atoms with Gasteiger partial charge in [0, 0.05) is 43.1 Å². The third-order valence-corrected chi connectivity index (χ3v) is 4.51. The molecule has 2 heterocycles. The molecule has 0 aliphatic rings. The highest BCUT2D eigenvalue weighted by Gasteiger charge is 2.16. The fourth-order valence-corrected chi connectivity index (χ4v) is 2.97. The van der Waals surface area contributed by atoms with Gasteiger partial charge in [-0.3, -0.25) is 9.78 Å². The fraction of sp³-hybridized carbons (Fsp3) is 0.238. The lowest BCUT2D eigenvalue weighted by Crippen LogP contribution is -2.14. The van der Waals surface area contributed by atoms with E-state index in [1.165, 1.54) is 0 Å². The number of nitrogens with one attached hydrogen (secondary N) is 1. The van der Waals surface area contributed by atoms with Gasteiger partial charge in [0.2, 0.25) is 0 Å². The van der Waals surface area contributed by atoms with Crippen LogP contribution in [-0.4, -0.2) is 29.6 Å². The van der Waals surface area contributed by atoms with Crippen molar-refractivity contribution < 1.29 is 4.79 Å². The Morgan fingerprint density at radius 2 is 1.85 bits per heavy atom. The lowest BCUT2D eigenvalue weighted by molar-refractivity contribution is 0.102. The molecule has 0 aliphatic heterocycles. The monoisotopic (exact) mass is 348 g/mol. The summed E-state index contributed by atoms with van der Waals surface area (Å²) in [5.74, 6) is -0.0945. The van der Waals surface area contributed by atoms with Crippen LogP contribution in [0, 0.1) is 13.8 Å². The Morgan fingerprint density at radius 3 is 2.46 bits per heavy atom. The van der Waals surface area contributed by atoms with E-state index < -0.39 is 0 Å². The Hall–Kier alpha value is -3.08. The predicted octanol–water partition coefficient (Wildman–Crippen LogP) is 3.87. The van der Waals surface area contributed by atoms with Gasteiger partial charge in [0.1, 0.15) is 0 Å². The summed E-state index contributed by atoms with van der Waals surface area (Å²) in [6.45, 7) is 4.64. The van der Waals surface area contributed by atoms with Crippen LogP contribution in [0.2, 0.25) is 0 Å². The van der Waals surface area contributed by atoms with Crippen molar-refractivity contribution in [3.63, 3.8) is 0 Å². The first-order chi connectivity index (χ1) is 12.5. The van der Waals surface area contributed by atoms with Crippen LogP contribution in [0.3, 0.4) is 0 Å². The molecule has 0 atom stereocenters. The van der Waals surface area contributed by atoms with Crippen molar-refractivity contribution in [2.24, 2.45) is 0 Å². The first-order valence-electron chi connectivity index (χ1n) is 8.61. The molecule has 5 nitrogen and oxygen atoms in total. The number of benzene rings is 1. The molecule has 0 unspecified atom stereocenters. The minimum Gasteiger partial charge on any atom is -0.378 e. The van der Waals surface area contributed by atoms with Gasteiger partial charge in [-0.15, -0.1) is 0 Å². The number of hydrogen-bond acceptors (Lipinski definition) is 3. The number of aryl methyl sites for hydroxylation is 1. The van der Waals surface area contributed by atoms with E-state index in [9.17, 15) is 4.79 Å². The van der Waals surface area contributed by atoms with Gasteiger partial charge in [0.25, 0.3) is 5.91 Å². The zero-order chi connectivity index (χ0) is 18.7. The van der Waals surface area contributed by atoms with Crippen molar-refractivity contribution in [3.8, 4) is 0 Å². The zero-order valence-corrected chi connectivity index (χ0v) is 15.7. The standard InChI is InChI=1S/C21H24N4O/c1-15-13-20(16(2)25(15)14-18-7-5-6-12-22-18)21(26)23-17-8-10-19(11-9-17)24(3)4/h5-13H,14H2,1-4H3,(H,23,26). The Bertz CT molecular complexity index is 896. The summed E-state index contributed by atoms with van der Waals surface area (Å²) in [5.41, 5.74) is 5.53. The largest absolute Gasteiger partial charge is 0.378 e. The van der Waals surface area contributed by atoms with Gasteiger partial charge >= 0.3 is 0 Å². The van der Waals surface area contributed by atoms with E-state index in [0.29, 0.717) is 12.1 Å². The van der Waals surface area contributed by atoms with Gasteiger partial charge in [0.15, 0.2) is 0 Å². The summed E-state index contributed by atoms with van der Waals surface area (Å²) in [4.78, 5) is 19.1. The molecule has 0 radical (unpaired) electrons. The first kappa shape index (κ1) is 17.7. The van der Waals surface area contributed by atoms with Crippen LogP contribution >= 0.6 is 0 Å². The van der Waals surface area contributed by atoms with E-state index in [4.69, 9.17) is 0 Å². The van der Waals surface area contributed by atoms with Crippen molar-refractivity contribution >= 4 is 17.3 Å². The smallest absolute Gasteiger partial charge is 0.257 e. The summed E-state index contributed by atoms with van der Waals surface area (Å²) in [6, 6.07) is 15.6. The Kier molecular flexibility index (Phi) is 5.07. The molecule has 3 aromatic rings. The van der Waals surface area contributed by atoms with Crippen LogP contribution in [0.25, 0.3) is 0 Å². The highest BCUT2D eigenvalue weighted by atomic mass is 16.1. The van der Waals surface area contributed by atoms with Crippen LogP contribution in [0.1, 0.15) is 27.4 Å². The number of rotatable bonds is 5. The summed E-state index contributed by atoms with van der Waals surface area (Å²) in [7, 11) is 3.98. The van der Waals surface area contributed by atoms with Crippen molar-refractivity contribution in [1.82, 2.24) is 9.55 Å². The van der Waals surface area contributed by atoms with Crippen LogP contribution in [0.15, 0.2) is 54.7 Å². The fourth-order valence-electron chi connectivity index (χ4n) is 2.97. The molecule has 0 saturated heterocycles. The van der Waals surface area contributed by atoms with Crippen molar-refractivity contribution in [2.75, 3.05) is 24.3 Å². The van der Waals surface area contributed by atoms with Crippen molar-refractivity contribution in [3.05, 3.63) is 77.4 Å². The molecule has 5 heteroatoms. The summed E-state index contributed by atoms with van der Waals surface area (Å²) in [5, 5.41) is 2.98. The molecule has 0 spiro atoms. The second-order valence-corrected chi connectivity index (χ2v) is 6.59. The van der Waals surface area contributed by atoms with Gasteiger partial charge in [0.05, 0.1) is 17.8 Å². The molecular weight excluding hydrogens is 324 g/mol. The quantitative estimate of drug-likeness (QED) is 0.761. The van der Waals surface area contributed by atoms with E-state index in [1.807, 2.05) is 81.4 Å². The van der Waals surface area contributed by atoms with Gasteiger partial charge in [-0.2, -0.15) is 0 Å². The van der Waals surface area contributed by atoms with Gasteiger partial charge in [-0.05, 0) is 56.3 Å². The Balaban J connectivity index is 1.78. The second-order valence-electron chi connectivity index (χ2n) is 6.59. The number of carbonyl (C=O) groups excluding carboxylic acids is 1. The van der Waals surface area contributed by atoms with E-state index in [2.05, 4.69) is 14.9 Å². The van der Waals surface area contributed by atoms with Gasteiger partial charge < -0.3 is 14.8 Å². The number of pyridine rings is 1. The maximum atomic E-state index is 12.7. The zero-order valence-electron chi connectivity index (χ0n) is 15.7. The van der Waals surface area contributed by atoms with E-state index in [1.54, 1.807) is 6.20 Å². The third kappa shape index (κ3) is 3.77. The van der Waals surface area contributed by atoms with Crippen molar-refractivity contribution in [2.45, 2.75) is 20.4 Å². The van der Waals surface area contributed by atoms with Gasteiger partial charge in [-0.1, -0.05) is 6.07 Å². The predicted molar refractivity (Wildman–Crippen MR) is 106 cm³/mol. The maximum Gasteiger partial charge on any atom is 0.257 e. The Labute approximate surface area is 154 Å². The molecule has 0 saturated carbocycles. The van der Waals surface area contributed by atoms with Crippen LogP contribution in [0.5, 0.6) is 0 Å². The number of carbonyl (C=O) groups is 1. The lowest BCUT2D eigenvalue weighted by Gasteiger charge is -2.13. The number of anilines is 2. The molecule has 0 fully saturated rings. The second kappa shape index (κ2) is 7.44. The molecule has 26 heavy (non-hydrogen) atoms. The lowest BCUT2D eigenvalue weighted by atomic mass is 10.2. The third-order valence-electron chi connectivity index (χ3n) is 4.51. The minimum absolute atomic E-state index is 0.0945. The molecular formula is C21H24N4O. The highest BCUT2D eigenvalue weighted by Crippen LogP contribution is 2.20. The number of hydrogen-bond donors (Lipinski definition) is 1. The average molecular weight is 348 g/mol. The molecule has 0 aliphatic carbocycles. The number of aromatic nitrogens is 2. The van der Waals surface area contributed by atoms with Crippen molar-refractivity contribution in [1.29, 1.82) is 0 Å². The van der Waals surface area contributed by atoms with E-state index in [-0.39, 0.29) is 5.91 Å². The maximum absolute atomic E-state index is 12.7. The van der Waals surface area contributed by atoms with E-state index >= 15 is 0 Å². The minimum atomic E-state index is -0.0945. The molecule has 3 rings (SSSR count). The summed E-state index contributed by atoms with van der Waals surface area (Å²) >= 11 is 0. The molecule has 0 bridgehead atoms. The number of amides is 1. The molecule has 134 valence electrons. The SMILES string of the molecule is Cc1cc(C(=O)Nc2ccc(N(C)C)cc2)c(C)n1Cc1ccccn1. The number of nitrogens with zero attached hydrogens (tertiary/aromatic N) is 3. The van der Waals surface area contributed by atoms with Crippen LogP contribution in [0.4, 0.5) is 11.4 Å². The summed E-state index contributed by atoms with van der Waals surface area (Å²) in [6.07, 6.45) is 1.79. The van der Waals surface area contributed by atoms with Crippen LogP contribution in [-0.2, 0) is 6.54 Å². The summed E-state index contributed by atoms with van der Waals surface area (Å²) < 4.78 is 2.12. The molecule has 1 aromatic carbocycles. The Morgan fingerprint density at radius 1 is 1.12 bits per heavy atom.